The highest BCUT2D eigenvalue weighted by Crippen LogP contribution is 2.40. The number of nitrogens with zero attached hydrogens (tertiary/aromatic N) is 1. The monoisotopic (exact) mass is 465 g/mol. The molecule has 0 radical (unpaired) electrons. The quantitative estimate of drug-likeness (QED) is 0.275. The highest BCUT2D eigenvalue weighted by molar-refractivity contribution is 6.15. The number of ketones is 1. The second-order valence-corrected chi connectivity index (χ2v) is 7.42. The lowest BCUT2D eigenvalue weighted by molar-refractivity contribution is -0.134. The van der Waals surface area contributed by atoms with Crippen LogP contribution in [0.15, 0.2) is 46.7 Å². The van der Waals surface area contributed by atoms with E-state index >= 15 is 0 Å². The van der Waals surface area contributed by atoms with Crippen molar-refractivity contribution in [1.29, 1.82) is 0 Å². The van der Waals surface area contributed by atoms with Gasteiger partial charge in [-0.2, -0.15) is 0 Å². The van der Waals surface area contributed by atoms with Crippen molar-refractivity contribution in [2.75, 3.05) is 21.3 Å². The minimum absolute atomic E-state index is 0.0804. The Labute approximate surface area is 195 Å². The highest BCUT2D eigenvalue weighted by atomic mass is 16.5. The van der Waals surface area contributed by atoms with Crippen molar-refractivity contribution in [3.05, 3.63) is 64.6 Å². The lowest BCUT2D eigenvalue weighted by Gasteiger charge is -2.10. The van der Waals surface area contributed by atoms with Crippen molar-refractivity contribution in [2.24, 2.45) is 0 Å². The van der Waals surface area contributed by atoms with Gasteiger partial charge in [-0.05, 0) is 42.4 Å². The van der Waals surface area contributed by atoms with E-state index in [9.17, 15) is 9.59 Å². The molecule has 0 saturated heterocycles. The Morgan fingerprint density at radius 2 is 1.85 bits per heavy atom. The standard InChI is InChI=1S/C25H23NO8/c1-14-19(32-23(27)10-7-17-13-22(31-4)26-34-17)9-8-18-24(28)21(33-25(14)18)11-15-5-6-16(29-2)12-20(15)30-3/h5-6,8-9,11-13H,7,10H2,1-4H3/b21-11-. The molecule has 3 aromatic rings. The third-order valence-corrected chi connectivity index (χ3v) is 5.31. The number of hydrogen-bond acceptors (Lipinski definition) is 9. The number of aromatic nitrogens is 1. The molecule has 0 N–H and O–H groups in total. The van der Waals surface area contributed by atoms with Crippen LogP contribution in [0.3, 0.4) is 0 Å². The summed E-state index contributed by atoms with van der Waals surface area (Å²) in [5, 5.41) is 3.70. The van der Waals surface area contributed by atoms with Crippen molar-refractivity contribution >= 4 is 17.8 Å². The maximum Gasteiger partial charge on any atom is 0.311 e. The smallest absolute Gasteiger partial charge is 0.311 e. The van der Waals surface area contributed by atoms with E-state index in [-0.39, 0.29) is 18.0 Å². The van der Waals surface area contributed by atoms with E-state index in [2.05, 4.69) is 5.16 Å². The summed E-state index contributed by atoms with van der Waals surface area (Å²) in [4.78, 5) is 25.3. The third-order valence-electron chi connectivity index (χ3n) is 5.31. The molecule has 1 aliphatic rings. The number of methoxy groups -OCH3 is 3. The Hall–Kier alpha value is -4.27. The molecule has 2 heterocycles. The summed E-state index contributed by atoms with van der Waals surface area (Å²) in [5.41, 5.74) is 1.60. The fourth-order valence-electron chi connectivity index (χ4n) is 3.46. The van der Waals surface area contributed by atoms with E-state index in [1.807, 2.05) is 0 Å². The summed E-state index contributed by atoms with van der Waals surface area (Å²) in [6.45, 7) is 1.73. The van der Waals surface area contributed by atoms with Gasteiger partial charge in [0.25, 0.3) is 5.88 Å². The van der Waals surface area contributed by atoms with Crippen molar-refractivity contribution in [3.63, 3.8) is 0 Å². The van der Waals surface area contributed by atoms with Crippen molar-refractivity contribution in [1.82, 2.24) is 5.16 Å². The average Bonchev–Trinajstić information content (AvgIpc) is 3.44. The molecule has 34 heavy (non-hydrogen) atoms. The Morgan fingerprint density at radius 1 is 1.03 bits per heavy atom. The number of carbonyl (C=O) groups is 2. The van der Waals surface area contributed by atoms with Gasteiger partial charge in [0.1, 0.15) is 28.8 Å². The molecule has 0 unspecified atom stereocenters. The van der Waals surface area contributed by atoms with Crippen molar-refractivity contribution in [2.45, 2.75) is 19.8 Å². The van der Waals surface area contributed by atoms with Crippen molar-refractivity contribution in [3.8, 4) is 28.9 Å². The molecular weight excluding hydrogens is 442 g/mol. The van der Waals surface area contributed by atoms with Gasteiger partial charge in [0.2, 0.25) is 5.78 Å². The van der Waals surface area contributed by atoms with E-state index in [1.54, 1.807) is 56.5 Å². The van der Waals surface area contributed by atoms with Crippen LogP contribution in [0.4, 0.5) is 0 Å². The number of hydrogen-bond donors (Lipinski definition) is 0. The van der Waals surface area contributed by atoms with Crippen LogP contribution in [0, 0.1) is 6.92 Å². The third kappa shape index (κ3) is 4.59. The summed E-state index contributed by atoms with van der Waals surface area (Å²) in [6.07, 6.45) is 2.00. The Morgan fingerprint density at radius 3 is 2.56 bits per heavy atom. The van der Waals surface area contributed by atoms with Gasteiger partial charge in [-0.1, -0.05) is 0 Å². The molecule has 4 rings (SSSR count). The summed E-state index contributed by atoms with van der Waals surface area (Å²) >= 11 is 0. The molecule has 0 spiro atoms. The second kappa shape index (κ2) is 9.70. The van der Waals surface area contributed by atoms with Gasteiger partial charge < -0.3 is 28.2 Å². The SMILES string of the molecule is COc1ccc(/C=C2\Oc3c(ccc(OC(=O)CCc4cc(OC)no4)c3C)C2=O)c(OC)c1. The molecule has 0 saturated carbocycles. The fraction of sp³-hybridized carbons (Fsp3) is 0.240. The molecular formula is C25H23NO8. The minimum atomic E-state index is -0.457. The minimum Gasteiger partial charge on any atom is -0.497 e. The highest BCUT2D eigenvalue weighted by Gasteiger charge is 2.31. The normalized spacial score (nSPS) is 13.4. The predicted octanol–water partition coefficient (Wildman–Crippen LogP) is 4.16. The molecule has 176 valence electrons. The van der Waals surface area contributed by atoms with Crippen LogP contribution in [-0.4, -0.2) is 38.2 Å². The van der Waals surface area contributed by atoms with Crippen molar-refractivity contribution < 1.29 is 37.8 Å². The number of esters is 1. The molecule has 0 bridgehead atoms. The van der Waals surface area contributed by atoms with Crippen LogP contribution in [0.1, 0.15) is 33.7 Å². The number of rotatable bonds is 8. The zero-order valence-corrected chi connectivity index (χ0v) is 19.2. The molecule has 2 aromatic carbocycles. The average molecular weight is 465 g/mol. The van der Waals surface area contributed by atoms with Crippen LogP contribution < -0.4 is 23.7 Å². The second-order valence-electron chi connectivity index (χ2n) is 7.42. The first kappa shape index (κ1) is 22.9. The zero-order valence-electron chi connectivity index (χ0n) is 19.2. The van der Waals surface area contributed by atoms with Crippen LogP contribution in [-0.2, 0) is 11.2 Å². The topological polar surface area (TPSA) is 106 Å². The van der Waals surface area contributed by atoms with Gasteiger partial charge in [0, 0.05) is 29.7 Å². The summed E-state index contributed by atoms with van der Waals surface area (Å²) < 4.78 is 32.0. The molecule has 0 atom stereocenters. The van der Waals surface area contributed by atoms with E-state index in [4.69, 9.17) is 28.2 Å². The maximum absolute atomic E-state index is 12.9. The van der Waals surface area contributed by atoms with E-state index in [0.29, 0.717) is 57.7 Å². The number of Topliss-reactive ketones (excluding diaryl/α,β-unsaturated/α-hetero) is 1. The molecule has 1 aliphatic heterocycles. The largest absolute Gasteiger partial charge is 0.497 e. The molecule has 0 aliphatic carbocycles. The van der Waals surface area contributed by atoms with Crippen LogP contribution in [0.25, 0.3) is 6.08 Å². The zero-order chi connectivity index (χ0) is 24.2. The van der Waals surface area contributed by atoms with Crippen LogP contribution >= 0.6 is 0 Å². The van der Waals surface area contributed by atoms with Gasteiger partial charge in [-0.15, -0.1) is 0 Å². The molecule has 9 heteroatoms. The number of aryl methyl sites for hydroxylation is 1. The van der Waals surface area contributed by atoms with Gasteiger partial charge in [-0.25, -0.2) is 0 Å². The maximum atomic E-state index is 12.9. The first-order chi connectivity index (χ1) is 16.4. The van der Waals surface area contributed by atoms with E-state index < -0.39 is 5.97 Å². The summed E-state index contributed by atoms with van der Waals surface area (Å²) in [6, 6.07) is 10.0. The lowest BCUT2D eigenvalue weighted by atomic mass is 10.1. The number of fused-ring (bicyclic) bond motifs is 1. The van der Waals surface area contributed by atoms with E-state index in [0.717, 1.165) is 0 Å². The van der Waals surface area contributed by atoms with Crippen LogP contribution in [0.5, 0.6) is 28.9 Å². The summed E-state index contributed by atoms with van der Waals surface area (Å²) in [7, 11) is 4.58. The number of allylic oxidation sites excluding steroid dienone is 1. The Balaban J connectivity index is 1.49. The molecule has 1 aromatic heterocycles. The Kier molecular flexibility index (Phi) is 6.53. The van der Waals surface area contributed by atoms with Gasteiger partial charge in [0.05, 0.1) is 33.3 Å². The first-order valence-electron chi connectivity index (χ1n) is 10.4. The summed E-state index contributed by atoms with van der Waals surface area (Å²) in [5.74, 6) is 2.11. The molecule has 0 fully saturated rings. The number of carbonyl (C=O) groups excluding carboxylic acids is 2. The van der Waals surface area contributed by atoms with E-state index in [1.165, 1.54) is 14.2 Å². The predicted molar refractivity (Wildman–Crippen MR) is 121 cm³/mol. The van der Waals surface area contributed by atoms with Gasteiger partial charge in [0.15, 0.2) is 5.76 Å². The van der Waals surface area contributed by atoms with Gasteiger partial charge in [-0.3, -0.25) is 9.59 Å². The number of ether oxygens (including phenoxy) is 5. The fourth-order valence-corrected chi connectivity index (χ4v) is 3.46. The Bertz CT molecular complexity index is 1270. The lowest BCUT2D eigenvalue weighted by Crippen LogP contribution is -2.10. The first-order valence-corrected chi connectivity index (χ1v) is 10.4. The molecule has 0 amide bonds. The molecule has 9 nitrogen and oxygen atoms in total. The van der Waals surface area contributed by atoms with Gasteiger partial charge >= 0.3 is 5.97 Å². The van der Waals surface area contributed by atoms with Crippen LogP contribution in [0.2, 0.25) is 0 Å². The number of benzene rings is 2.